The van der Waals surface area contributed by atoms with Crippen LogP contribution in [0, 0.1) is 0 Å². The number of benzene rings is 1. The normalized spacial score (nSPS) is 9.67. The van der Waals surface area contributed by atoms with E-state index in [0.717, 1.165) is 0 Å². The van der Waals surface area contributed by atoms with Crippen molar-refractivity contribution in [3.8, 4) is 5.75 Å². The fourth-order valence-corrected chi connectivity index (χ4v) is 1.04. The van der Waals surface area contributed by atoms with E-state index in [1.807, 2.05) is 0 Å². The van der Waals surface area contributed by atoms with Gasteiger partial charge in [-0.05, 0) is 25.1 Å². The van der Waals surface area contributed by atoms with Crippen molar-refractivity contribution >= 4 is 17.4 Å². The van der Waals surface area contributed by atoms with Crippen LogP contribution < -0.4 is 10.5 Å². The molecule has 0 heterocycles. The van der Waals surface area contributed by atoms with Gasteiger partial charge in [0.25, 0.3) is 0 Å². The van der Waals surface area contributed by atoms with E-state index in [1.165, 1.54) is 25.1 Å². The smallest absolute Gasteiger partial charge is 0.341 e. The number of ketones is 1. The van der Waals surface area contributed by atoms with Crippen LogP contribution in [-0.4, -0.2) is 23.5 Å². The minimum atomic E-state index is -1.08. The summed E-state index contributed by atoms with van der Waals surface area (Å²) in [5, 5.41) is 8.39. The summed E-state index contributed by atoms with van der Waals surface area (Å²) in [6.45, 7) is 0.968. The summed E-state index contributed by atoms with van der Waals surface area (Å²) < 4.78 is 4.90. The molecule has 0 spiro atoms. The number of carbonyl (C=O) groups excluding carboxylic acids is 1. The van der Waals surface area contributed by atoms with E-state index < -0.39 is 12.6 Å². The summed E-state index contributed by atoms with van der Waals surface area (Å²) in [6.07, 6.45) is 0. The van der Waals surface area contributed by atoms with Crippen LogP contribution in [0.5, 0.6) is 5.75 Å². The monoisotopic (exact) mass is 209 g/mol. The molecule has 0 bridgehead atoms. The van der Waals surface area contributed by atoms with Crippen LogP contribution in [0.2, 0.25) is 0 Å². The van der Waals surface area contributed by atoms with Crippen LogP contribution in [-0.2, 0) is 4.79 Å². The van der Waals surface area contributed by atoms with Crippen LogP contribution in [0.15, 0.2) is 18.2 Å². The Balaban J connectivity index is 2.83. The lowest BCUT2D eigenvalue weighted by Gasteiger charge is -2.07. The lowest BCUT2D eigenvalue weighted by Crippen LogP contribution is -2.10. The molecule has 0 radical (unpaired) electrons. The molecule has 0 aliphatic heterocycles. The lowest BCUT2D eigenvalue weighted by molar-refractivity contribution is -0.139. The van der Waals surface area contributed by atoms with E-state index in [2.05, 4.69) is 0 Å². The molecule has 5 heteroatoms. The van der Waals surface area contributed by atoms with Crippen molar-refractivity contribution < 1.29 is 19.4 Å². The number of carbonyl (C=O) groups is 2. The topological polar surface area (TPSA) is 89.6 Å². The first-order valence-corrected chi connectivity index (χ1v) is 4.25. The molecule has 5 nitrogen and oxygen atoms in total. The molecule has 15 heavy (non-hydrogen) atoms. The number of nitrogen functional groups attached to an aromatic ring is 1. The summed E-state index contributed by atoms with van der Waals surface area (Å²) in [5.41, 5.74) is 6.30. The van der Waals surface area contributed by atoms with Gasteiger partial charge in [0.15, 0.2) is 12.4 Å². The van der Waals surface area contributed by atoms with E-state index >= 15 is 0 Å². The number of hydrogen-bond donors (Lipinski definition) is 2. The average Bonchev–Trinajstić information content (AvgIpc) is 2.15. The standard InChI is InChI=1S/C10H11NO4/c1-6(12)7-2-3-9(8(11)4-7)15-5-10(13)14/h2-4H,5,11H2,1H3,(H,13,14). The van der Waals surface area contributed by atoms with Crippen LogP contribution in [0.1, 0.15) is 17.3 Å². The summed E-state index contributed by atoms with van der Waals surface area (Å²) in [6, 6.07) is 4.48. The van der Waals surface area contributed by atoms with Gasteiger partial charge in [-0.1, -0.05) is 0 Å². The minimum absolute atomic E-state index is 0.105. The van der Waals surface area contributed by atoms with Crippen molar-refractivity contribution in [2.24, 2.45) is 0 Å². The van der Waals surface area contributed by atoms with Crippen LogP contribution in [0.3, 0.4) is 0 Å². The molecule has 0 unspecified atom stereocenters. The third-order valence-electron chi connectivity index (χ3n) is 1.77. The Bertz CT molecular complexity index is 400. The van der Waals surface area contributed by atoms with Gasteiger partial charge < -0.3 is 15.6 Å². The molecule has 80 valence electrons. The highest BCUT2D eigenvalue weighted by Crippen LogP contribution is 2.22. The predicted molar refractivity (Wildman–Crippen MR) is 54.0 cm³/mol. The molecule has 0 amide bonds. The van der Waals surface area contributed by atoms with Crippen LogP contribution in [0.4, 0.5) is 5.69 Å². The maximum absolute atomic E-state index is 11.0. The minimum Gasteiger partial charge on any atom is -0.480 e. The van der Waals surface area contributed by atoms with Crippen molar-refractivity contribution in [1.82, 2.24) is 0 Å². The van der Waals surface area contributed by atoms with Crippen molar-refractivity contribution in [1.29, 1.82) is 0 Å². The number of carboxylic acids is 1. The van der Waals surface area contributed by atoms with E-state index in [-0.39, 0.29) is 17.2 Å². The summed E-state index contributed by atoms with van der Waals surface area (Å²) >= 11 is 0. The fraction of sp³-hybridized carbons (Fsp3) is 0.200. The van der Waals surface area contributed by atoms with Gasteiger partial charge in [0, 0.05) is 5.56 Å². The summed E-state index contributed by atoms with van der Waals surface area (Å²) in [4.78, 5) is 21.2. The third-order valence-corrected chi connectivity index (χ3v) is 1.77. The Morgan fingerprint density at radius 3 is 2.60 bits per heavy atom. The average molecular weight is 209 g/mol. The predicted octanol–water partition coefficient (Wildman–Crippen LogP) is 0.935. The maximum Gasteiger partial charge on any atom is 0.341 e. The van der Waals surface area contributed by atoms with Gasteiger partial charge in [-0.3, -0.25) is 4.79 Å². The molecule has 1 aromatic carbocycles. The molecule has 0 aliphatic rings. The SMILES string of the molecule is CC(=O)c1ccc(OCC(=O)O)c(N)c1. The number of Topliss-reactive ketones (excluding diaryl/α,β-unsaturated/α-hetero) is 1. The van der Waals surface area contributed by atoms with Gasteiger partial charge in [0.1, 0.15) is 5.75 Å². The fourth-order valence-electron chi connectivity index (χ4n) is 1.04. The molecular formula is C10H11NO4. The Labute approximate surface area is 86.5 Å². The lowest BCUT2D eigenvalue weighted by atomic mass is 10.1. The molecule has 0 saturated heterocycles. The number of anilines is 1. The largest absolute Gasteiger partial charge is 0.480 e. The first-order valence-electron chi connectivity index (χ1n) is 4.25. The van der Waals surface area contributed by atoms with Gasteiger partial charge in [-0.25, -0.2) is 4.79 Å². The first kappa shape index (κ1) is 11.0. The molecule has 0 atom stereocenters. The zero-order valence-corrected chi connectivity index (χ0v) is 8.19. The van der Waals surface area contributed by atoms with Gasteiger partial charge in [-0.15, -0.1) is 0 Å². The highest BCUT2D eigenvalue weighted by atomic mass is 16.5. The summed E-state index contributed by atoms with van der Waals surface area (Å²) in [7, 11) is 0. The second kappa shape index (κ2) is 4.45. The first-order chi connectivity index (χ1) is 7.00. The van der Waals surface area contributed by atoms with E-state index in [4.69, 9.17) is 15.6 Å². The quantitative estimate of drug-likeness (QED) is 0.568. The Hall–Kier alpha value is -2.04. The highest BCUT2D eigenvalue weighted by Gasteiger charge is 2.06. The zero-order chi connectivity index (χ0) is 11.4. The molecular weight excluding hydrogens is 198 g/mol. The molecule has 0 aromatic heterocycles. The molecule has 0 aliphatic carbocycles. The van der Waals surface area contributed by atoms with Crippen molar-refractivity contribution in [2.75, 3.05) is 12.3 Å². The number of ether oxygens (including phenoxy) is 1. The Morgan fingerprint density at radius 2 is 2.13 bits per heavy atom. The third kappa shape index (κ3) is 2.98. The number of aliphatic carboxylic acids is 1. The van der Waals surface area contributed by atoms with Crippen LogP contribution in [0.25, 0.3) is 0 Å². The maximum atomic E-state index is 11.0. The van der Waals surface area contributed by atoms with E-state index in [0.29, 0.717) is 5.56 Å². The number of nitrogens with two attached hydrogens (primary N) is 1. The van der Waals surface area contributed by atoms with Crippen molar-refractivity contribution in [3.63, 3.8) is 0 Å². The molecule has 0 fully saturated rings. The molecule has 1 rings (SSSR count). The van der Waals surface area contributed by atoms with Crippen molar-refractivity contribution in [3.05, 3.63) is 23.8 Å². The van der Waals surface area contributed by atoms with Gasteiger partial charge in [0.05, 0.1) is 5.69 Å². The number of rotatable bonds is 4. The molecule has 1 aromatic rings. The molecule has 0 saturated carbocycles. The summed E-state index contributed by atoms with van der Waals surface area (Å²) in [5.74, 6) is -0.918. The molecule has 3 N–H and O–H groups in total. The van der Waals surface area contributed by atoms with Crippen molar-refractivity contribution in [2.45, 2.75) is 6.92 Å². The zero-order valence-electron chi connectivity index (χ0n) is 8.19. The second-order valence-electron chi connectivity index (χ2n) is 2.99. The second-order valence-corrected chi connectivity index (χ2v) is 2.99. The highest BCUT2D eigenvalue weighted by molar-refractivity contribution is 5.95. The van der Waals surface area contributed by atoms with Gasteiger partial charge in [-0.2, -0.15) is 0 Å². The number of carboxylic acid groups (broad SMARTS) is 1. The van der Waals surface area contributed by atoms with E-state index in [9.17, 15) is 9.59 Å². The van der Waals surface area contributed by atoms with Gasteiger partial charge >= 0.3 is 5.97 Å². The van der Waals surface area contributed by atoms with Crippen LogP contribution >= 0.6 is 0 Å². The van der Waals surface area contributed by atoms with Gasteiger partial charge in [0.2, 0.25) is 0 Å². The Kier molecular flexibility index (Phi) is 3.28. The number of hydrogen-bond acceptors (Lipinski definition) is 4. The Morgan fingerprint density at radius 1 is 1.47 bits per heavy atom. The van der Waals surface area contributed by atoms with E-state index in [1.54, 1.807) is 0 Å².